The molecule has 2 rings (SSSR count). The van der Waals surface area contributed by atoms with Crippen LogP contribution >= 0.6 is 12.2 Å². The Hall–Kier alpha value is -1.20. The molecule has 1 aliphatic carbocycles. The maximum Gasteiger partial charge on any atom is 0.107 e. The van der Waals surface area contributed by atoms with E-state index in [9.17, 15) is 0 Å². The first-order valence-electron chi connectivity index (χ1n) is 6.67. The first-order valence-corrected chi connectivity index (χ1v) is 7.08. The van der Waals surface area contributed by atoms with Crippen LogP contribution in [-0.2, 0) is 4.74 Å². The van der Waals surface area contributed by atoms with Gasteiger partial charge in [0.1, 0.15) is 4.99 Å². The van der Waals surface area contributed by atoms with Gasteiger partial charge in [-0.15, -0.1) is 0 Å². The molecule has 0 amide bonds. The summed E-state index contributed by atoms with van der Waals surface area (Å²) in [5.74, 6) is 0. The van der Waals surface area contributed by atoms with Gasteiger partial charge >= 0.3 is 0 Å². The zero-order chi connectivity index (χ0) is 14.0. The van der Waals surface area contributed by atoms with E-state index in [0.717, 1.165) is 42.1 Å². The van der Waals surface area contributed by atoms with Gasteiger partial charge in [-0.25, -0.2) is 0 Å². The Kier molecular flexibility index (Phi) is 4.37. The van der Waals surface area contributed by atoms with Crippen LogP contribution in [0.15, 0.2) is 6.07 Å². The molecule has 0 aromatic carbocycles. The topological polar surface area (TPSA) is 60.2 Å². The number of anilines is 1. The molecule has 3 N–H and O–H groups in total. The molecule has 1 heterocycles. The van der Waals surface area contributed by atoms with Crippen LogP contribution in [0.3, 0.4) is 0 Å². The molecule has 0 saturated heterocycles. The quantitative estimate of drug-likeness (QED) is 0.810. The number of nitrogens with two attached hydrogens (primary N) is 1. The Morgan fingerprint density at radius 3 is 2.79 bits per heavy atom. The van der Waals surface area contributed by atoms with Crippen LogP contribution in [0.4, 0.5) is 5.69 Å². The van der Waals surface area contributed by atoms with Crippen LogP contribution in [0.25, 0.3) is 0 Å². The van der Waals surface area contributed by atoms with Crippen molar-refractivity contribution >= 4 is 22.9 Å². The van der Waals surface area contributed by atoms with E-state index in [1.807, 2.05) is 26.8 Å². The fourth-order valence-electron chi connectivity index (χ4n) is 2.53. The molecule has 4 nitrogen and oxygen atoms in total. The zero-order valence-corrected chi connectivity index (χ0v) is 12.5. The van der Waals surface area contributed by atoms with E-state index in [-0.39, 0.29) is 0 Å². The van der Waals surface area contributed by atoms with Gasteiger partial charge in [0.25, 0.3) is 0 Å². The molecular weight excluding hydrogens is 258 g/mol. The van der Waals surface area contributed by atoms with Crippen LogP contribution in [0, 0.1) is 13.8 Å². The highest BCUT2D eigenvalue weighted by atomic mass is 32.1. The lowest BCUT2D eigenvalue weighted by Gasteiger charge is -2.36. The maximum atomic E-state index is 5.80. The van der Waals surface area contributed by atoms with Crippen molar-refractivity contribution in [3.8, 4) is 0 Å². The summed E-state index contributed by atoms with van der Waals surface area (Å²) in [6.45, 7) is 6.73. The lowest BCUT2D eigenvalue weighted by atomic mass is 9.88. The second-order valence-electron chi connectivity index (χ2n) is 5.03. The van der Waals surface area contributed by atoms with E-state index < -0.39 is 0 Å². The number of aryl methyl sites for hydroxylation is 2. The van der Waals surface area contributed by atoms with Crippen LogP contribution < -0.4 is 11.1 Å². The number of rotatable bonds is 5. The summed E-state index contributed by atoms with van der Waals surface area (Å²) in [6.07, 6.45) is 2.45. The minimum absolute atomic E-state index is 0.389. The molecular formula is C14H21N3OS. The molecule has 5 heteroatoms. The minimum Gasteiger partial charge on any atom is -0.389 e. The molecule has 1 aliphatic rings. The monoisotopic (exact) mass is 279 g/mol. The van der Waals surface area contributed by atoms with Gasteiger partial charge in [0.2, 0.25) is 0 Å². The number of hydrogen-bond acceptors (Lipinski definition) is 4. The fourth-order valence-corrected chi connectivity index (χ4v) is 2.79. The summed E-state index contributed by atoms with van der Waals surface area (Å²) in [5, 5.41) is 3.51. The summed E-state index contributed by atoms with van der Waals surface area (Å²) in [7, 11) is 0. The molecule has 0 atom stereocenters. The van der Waals surface area contributed by atoms with Crippen molar-refractivity contribution in [2.45, 2.75) is 45.8 Å². The molecule has 1 aromatic rings. The van der Waals surface area contributed by atoms with E-state index in [4.69, 9.17) is 22.7 Å². The minimum atomic E-state index is 0.389. The van der Waals surface area contributed by atoms with Crippen LogP contribution in [0.5, 0.6) is 0 Å². The lowest BCUT2D eigenvalue weighted by Crippen LogP contribution is -2.41. The van der Waals surface area contributed by atoms with E-state index in [1.165, 1.54) is 0 Å². The van der Waals surface area contributed by atoms with Crippen molar-refractivity contribution in [1.82, 2.24) is 4.98 Å². The lowest BCUT2D eigenvalue weighted by molar-refractivity contribution is 0.00299. The van der Waals surface area contributed by atoms with Crippen molar-refractivity contribution < 1.29 is 4.74 Å². The highest BCUT2D eigenvalue weighted by Gasteiger charge is 2.30. The van der Waals surface area contributed by atoms with Crippen molar-refractivity contribution in [3.63, 3.8) is 0 Å². The average molecular weight is 279 g/mol. The molecule has 104 valence electrons. The number of nitrogens with one attached hydrogen (secondary N) is 1. The number of thiocarbonyl (C=S) groups is 1. The Morgan fingerprint density at radius 2 is 2.21 bits per heavy atom. The molecule has 1 aromatic heterocycles. The zero-order valence-electron chi connectivity index (χ0n) is 11.7. The van der Waals surface area contributed by atoms with E-state index in [1.54, 1.807) is 0 Å². The summed E-state index contributed by atoms with van der Waals surface area (Å²) >= 11 is 5.13. The van der Waals surface area contributed by atoms with E-state index in [0.29, 0.717) is 17.1 Å². The number of ether oxygens (including phenoxy) is 1. The van der Waals surface area contributed by atoms with Gasteiger partial charge in [-0.05, 0) is 39.7 Å². The molecule has 1 saturated carbocycles. The van der Waals surface area contributed by atoms with Gasteiger partial charge in [-0.2, -0.15) is 0 Å². The predicted octanol–water partition coefficient (Wildman–Crippen LogP) is 2.31. The SMILES string of the molecule is CCOC1CC(Nc2cc(C)nc(C)c2C(N)=S)C1. The smallest absolute Gasteiger partial charge is 0.107 e. The van der Waals surface area contributed by atoms with Crippen LogP contribution in [0.2, 0.25) is 0 Å². The predicted molar refractivity (Wildman–Crippen MR) is 81.7 cm³/mol. The normalized spacial score (nSPS) is 21.8. The van der Waals surface area contributed by atoms with Gasteiger partial charge in [-0.1, -0.05) is 12.2 Å². The van der Waals surface area contributed by atoms with Gasteiger partial charge in [0.15, 0.2) is 0 Å². The Balaban J connectivity index is 2.10. The average Bonchev–Trinajstić information content (AvgIpc) is 2.24. The van der Waals surface area contributed by atoms with Crippen LogP contribution in [0.1, 0.15) is 36.7 Å². The van der Waals surface area contributed by atoms with Crippen molar-refractivity contribution in [3.05, 3.63) is 23.0 Å². The second kappa shape index (κ2) is 5.84. The van der Waals surface area contributed by atoms with Crippen molar-refractivity contribution in [1.29, 1.82) is 0 Å². The number of pyridine rings is 1. The molecule has 0 radical (unpaired) electrons. The molecule has 0 bridgehead atoms. The number of hydrogen-bond donors (Lipinski definition) is 2. The first kappa shape index (κ1) is 14.2. The third-order valence-electron chi connectivity index (χ3n) is 3.43. The van der Waals surface area contributed by atoms with E-state index >= 15 is 0 Å². The molecule has 19 heavy (non-hydrogen) atoms. The van der Waals surface area contributed by atoms with Gasteiger partial charge in [-0.3, -0.25) is 4.98 Å². The second-order valence-corrected chi connectivity index (χ2v) is 5.47. The molecule has 0 unspecified atom stereocenters. The third kappa shape index (κ3) is 3.22. The van der Waals surface area contributed by atoms with Gasteiger partial charge in [0, 0.05) is 29.7 Å². The molecule has 0 spiro atoms. The highest BCUT2D eigenvalue weighted by molar-refractivity contribution is 7.80. The van der Waals surface area contributed by atoms with Gasteiger partial charge < -0.3 is 15.8 Å². The van der Waals surface area contributed by atoms with E-state index in [2.05, 4.69) is 10.3 Å². The summed E-state index contributed by atoms with van der Waals surface area (Å²) < 4.78 is 5.57. The van der Waals surface area contributed by atoms with Crippen molar-refractivity contribution in [2.24, 2.45) is 5.73 Å². The van der Waals surface area contributed by atoms with Crippen LogP contribution in [-0.4, -0.2) is 28.7 Å². The Bertz CT molecular complexity index is 484. The fraction of sp³-hybridized carbons (Fsp3) is 0.571. The first-order chi connectivity index (χ1) is 9.01. The third-order valence-corrected chi connectivity index (χ3v) is 3.64. The largest absolute Gasteiger partial charge is 0.389 e. The maximum absolute atomic E-state index is 5.80. The molecule has 1 fully saturated rings. The number of nitrogens with zero attached hydrogens (tertiary/aromatic N) is 1. The standard InChI is InChI=1S/C14H21N3OS/c1-4-18-11-6-10(7-11)17-12-5-8(2)16-9(3)13(12)14(15)19/h5,10-11H,4,6-7H2,1-3H3,(H2,15,19)(H,16,17). The summed E-state index contributed by atoms with van der Waals surface area (Å²) in [6, 6.07) is 2.45. The summed E-state index contributed by atoms with van der Waals surface area (Å²) in [4.78, 5) is 4.82. The highest BCUT2D eigenvalue weighted by Crippen LogP contribution is 2.29. The number of aromatic nitrogens is 1. The van der Waals surface area contributed by atoms with Crippen molar-refractivity contribution in [2.75, 3.05) is 11.9 Å². The molecule has 0 aliphatic heterocycles. The van der Waals surface area contributed by atoms with Gasteiger partial charge in [0.05, 0.1) is 11.7 Å². The Labute approximate surface area is 119 Å². The Morgan fingerprint density at radius 1 is 1.53 bits per heavy atom. The summed E-state index contributed by atoms with van der Waals surface area (Å²) in [5.41, 5.74) is 9.52.